The number of thioether (sulfide) groups is 1. The van der Waals surface area contributed by atoms with E-state index in [2.05, 4.69) is 19.6 Å². The van der Waals surface area contributed by atoms with Gasteiger partial charge in [0.1, 0.15) is 16.1 Å². The van der Waals surface area contributed by atoms with Crippen molar-refractivity contribution in [1.82, 2.24) is 29.3 Å². The zero-order chi connectivity index (χ0) is 22.4. The second-order valence-electron chi connectivity index (χ2n) is 7.99. The number of benzene rings is 1. The van der Waals surface area contributed by atoms with Gasteiger partial charge in [-0.05, 0) is 42.8 Å². The number of fused-ring (bicyclic) bond motifs is 4. The van der Waals surface area contributed by atoms with Gasteiger partial charge < -0.3 is 9.55 Å². The molecule has 0 atom stereocenters. The summed E-state index contributed by atoms with van der Waals surface area (Å²) in [6, 6.07) is 11.3. The first-order valence-electron chi connectivity index (χ1n) is 10.9. The Balaban J connectivity index is 1.44. The van der Waals surface area contributed by atoms with Crippen LogP contribution in [-0.4, -0.2) is 29.3 Å². The van der Waals surface area contributed by atoms with Crippen molar-refractivity contribution in [1.29, 1.82) is 0 Å². The molecule has 6 rings (SSSR count). The molecule has 0 spiro atoms. The number of hydrogen-bond acceptors (Lipinski definition) is 7. The van der Waals surface area contributed by atoms with E-state index in [1.54, 1.807) is 0 Å². The van der Waals surface area contributed by atoms with E-state index in [4.69, 9.17) is 4.98 Å². The predicted octanol–water partition coefficient (Wildman–Crippen LogP) is 3.85. The standard InChI is InChI=1S/C23H20N6O2S2/c30-21-19-15(10-12-32-19)24-17(25-21)13-33-23-26-20-18(16-9-5-2-6-11-28(16)23)22(31)29(27-20)14-7-3-1-4-8-14/h1,3-4,7-8,10,12H,2,5-6,9,11,13H2,(H,24,25,30). The quantitative estimate of drug-likeness (QED) is 0.313. The Hall–Kier alpha value is -3.24. The zero-order valence-electron chi connectivity index (χ0n) is 17.7. The number of aromatic nitrogens is 6. The van der Waals surface area contributed by atoms with Crippen LogP contribution in [-0.2, 0) is 18.7 Å². The van der Waals surface area contributed by atoms with Gasteiger partial charge in [0.2, 0.25) is 0 Å². The van der Waals surface area contributed by atoms with Crippen molar-refractivity contribution in [3.8, 4) is 17.1 Å². The molecule has 3 aromatic rings. The van der Waals surface area contributed by atoms with Gasteiger partial charge in [-0.2, -0.15) is 4.68 Å². The fraction of sp³-hybridized carbons (Fsp3) is 0.261. The summed E-state index contributed by atoms with van der Waals surface area (Å²) in [5.41, 5.74) is 2.82. The van der Waals surface area contributed by atoms with Crippen molar-refractivity contribution in [2.45, 2.75) is 43.1 Å². The summed E-state index contributed by atoms with van der Waals surface area (Å²) in [7, 11) is 0. The van der Waals surface area contributed by atoms with Crippen molar-refractivity contribution in [3.63, 3.8) is 0 Å². The molecule has 8 nitrogen and oxygen atoms in total. The number of aromatic amines is 1. The Morgan fingerprint density at radius 3 is 2.82 bits per heavy atom. The van der Waals surface area contributed by atoms with Crippen LogP contribution in [0.5, 0.6) is 0 Å². The van der Waals surface area contributed by atoms with Crippen LogP contribution in [0, 0.1) is 0 Å². The maximum absolute atomic E-state index is 13.3. The molecule has 2 aromatic heterocycles. The molecule has 10 heteroatoms. The normalized spacial score (nSPS) is 13.9. The molecule has 0 amide bonds. The van der Waals surface area contributed by atoms with E-state index in [9.17, 15) is 9.59 Å². The van der Waals surface area contributed by atoms with Crippen molar-refractivity contribution in [2.24, 2.45) is 0 Å². The molecule has 166 valence electrons. The average molecular weight is 477 g/mol. The van der Waals surface area contributed by atoms with Crippen molar-refractivity contribution < 1.29 is 0 Å². The fourth-order valence-corrected chi connectivity index (χ4v) is 5.97. The molecule has 1 aromatic carbocycles. The largest absolute Gasteiger partial charge is 0.324 e. The SMILES string of the molecule is O=c1[nH]c(CSc2nc3nn(-c4ccccc4)c(=O)c-3c3n2CCCCC3)nc2ccsc12. The predicted molar refractivity (Wildman–Crippen MR) is 130 cm³/mol. The van der Waals surface area contributed by atoms with Crippen LogP contribution in [0.4, 0.5) is 0 Å². The van der Waals surface area contributed by atoms with Crippen LogP contribution in [0.15, 0.2) is 56.5 Å². The zero-order valence-corrected chi connectivity index (χ0v) is 19.3. The number of rotatable bonds is 4. The first-order valence-corrected chi connectivity index (χ1v) is 12.7. The maximum atomic E-state index is 13.3. The number of H-pyrrole nitrogens is 1. The van der Waals surface area contributed by atoms with Gasteiger partial charge in [-0.1, -0.05) is 36.4 Å². The van der Waals surface area contributed by atoms with Crippen LogP contribution in [0.1, 0.15) is 30.8 Å². The Morgan fingerprint density at radius 1 is 1.06 bits per heavy atom. The number of para-hydroxylation sites is 1. The number of nitrogens with one attached hydrogen (secondary N) is 1. The van der Waals surface area contributed by atoms with Gasteiger partial charge in [0, 0.05) is 12.2 Å². The Kier molecular flexibility index (Phi) is 5.11. The Morgan fingerprint density at radius 2 is 1.94 bits per heavy atom. The van der Waals surface area contributed by atoms with E-state index in [0.29, 0.717) is 33.2 Å². The average Bonchev–Trinajstić information content (AvgIpc) is 3.35. The molecule has 3 aliphatic heterocycles. The lowest BCUT2D eigenvalue weighted by Crippen LogP contribution is -2.19. The molecule has 0 saturated carbocycles. The second kappa shape index (κ2) is 8.27. The first kappa shape index (κ1) is 20.4. The molecule has 0 bridgehead atoms. The van der Waals surface area contributed by atoms with Gasteiger partial charge in [0.15, 0.2) is 11.0 Å². The minimum absolute atomic E-state index is 0.113. The third-order valence-electron chi connectivity index (χ3n) is 5.87. The third kappa shape index (κ3) is 3.59. The van der Waals surface area contributed by atoms with Gasteiger partial charge in [-0.3, -0.25) is 9.59 Å². The van der Waals surface area contributed by atoms with Gasteiger partial charge in [-0.25, -0.2) is 9.97 Å². The van der Waals surface area contributed by atoms with Gasteiger partial charge in [0.05, 0.1) is 17.0 Å². The minimum atomic E-state index is -0.125. The lowest BCUT2D eigenvalue weighted by molar-refractivity contribution is 0.571. The van der Waals surface area contributed by atoms with Crippen molar-refractivity contribution >= 4 is 33.3 Å². The molecular weight excluding hydrogens is 456 g/mol. The first-order chi connectivity index (χ1) is 16.2. The molecule has 0 saturated heterocycles. The highest BCUT2D eigenvalue weighted by Crippen LogP contribution is 2.31. The van der Waals surface area contributed by atoms with E-state index in [1.165, 1.54) is 27.8 Å². The smallest absolute Gasteiger partial charge is 0.284 e. The highest BCUT2D eigenvalue weighted by Gasteiger charge is 2.27. The van der Waals surface area contributed by atoms with E-state index in [0.717, 1.165) is 48.8 Å². The topological polar surface area (TPSA) is 98.5 Å². The molecule has 0 aliphatic carbocycles. The summed E-state index contributed by atoms with van der Waals surface area (Å²) in [5.74, 6) is 1.55. The molecule has 5 heterocycles. The summed E-state index contributed by atoms with van der Waals surface area (Å²) in [6.45, 7) is 0.810. The van der Waals surface area contributed by atoms with Crippen LogP contribution in [0.25, 0.3) is 27.3 Å². The summed E-state index contributed by atoms with van der Waals surface area (Å²) < 4.78 is 4.25. The molecule has 0 radical (unpaired) electrons. The summed E-state index contributed by atoms with van der Waals surface area (Å²) in [6.07, 6.45) is 3.99. The second-order valence-corrected chi connectivity index (χ2v) is 9.85. The summed E-state index contributed by atoms with van der Waals surface area (Å²) >= 11 is 2.91. The number of nitrogens with zero attached hydrogens (tertiary/aromatic N) is 5. The van der Waals surface area contributed by atoms with E-state index >= 15 is 0 Å². The lowest BCUT2D eigenvalue weighted by Gasteiger charge is -2.17. The highest BCUT2D eigenvalue weighted by molar-refractivity contribution is 7.98. The van der Waals surface area contributed by atoms with Crippen LogP contribution in [0.3, 0.4) is 0 Å². The molecule has 1 N–H and O–H groups in total. The number of thiophene rings is 1. The summed E-state index contributed by atoms with van der Waals surface area (Å²) in [4.78, 5) is 37.9. The monoisotopic (exact) mass is 476 g/mol. The van der Waals surface area contributed by atoms with Crippen LogP contribution < -0.4 is 11.1 Å². The van der Waals surface area contributed by atoms with E-state index in [-0.39, 0.29) is 11.1 Å². The molecular formula is C23H20N6O2S2. The third-order valence-corrected chi connectivity index (χ3v) is 7.76. The Labute approximate surface area is 196 Å². The molecule has 0 unspecified atom stereocenters. The highest BCUT2D eigenvalue weighted by atomic mass is 32.2. The maximum Gasteiger partial charge on any atom is 0.284 e. The van der Waals surface area contributed by atoms with Crippen LogP contribution in [0.2, 0.25) is 0 Å². The molecule has 0 fully saturated rings. The fourth-order valence-electron chi connectivity index (χ4n) is 4.33. The van der Waals surface area contributed by atoms with Gasteiger partial charge >= 0.3 is 0 Å². The molecule has 33 heavy (non-hydrogen) atoms. The summed E-state index contributed by atoms with van der Waals surface area (Å²) in [5, 5.41) is 7.25. The molecule has 3 aliphatic rings. The van der Waals surface area contributed by atoms with E-state index < -0.39 is 0 Å². The Bertz CT molecular complexity index is 1550. The van der Waals surface area contributed by atoms with Gasteiger partial charge in [0.25, 0.3) is 11.1 Å². The minimum Gasteiger partial charge on any atom is -0.324 e. The van der Waals surface area contributed by atoms with Crippen LogP contribution >= 0.6 is 23.1 Å². The number of hydrogen-bond donors (Lipinski definition) is 1. The van der Waals surface area contributed by atoms with E-state index in [1.807, 2.05) is 41.8 Å². The van der Waals surface area contributed by atoms with Gasteiger partial charge in [-0.15, -0.1) is 16.4 Å². The van der Waals surface area contributed by atoms with Crippen molar-refractivity contribution in [2.75, 3.05) is 0 Å². The lowest BCUT2D eigenvalue weighted by atomic mass is 10.1. The van der Waals surface area contributed by atoms with Crippen molar-refractivity contribution in [3.05, 3.63) is 74.0 Å².